The Morgan fingerprint density at radius 3 is 2.49 bits per heavy atom. The number of anilines is 1. The molecule has 10 heteroatoms. The largest absolute Gasteiger partial charge is 0.332 e. The van der Waals surface area contributed by atoms with Crippen LogP contribution in [-0.4, -0.2) is 24.8 Å². The zero-order chi connectivity index (χ0) is 25.4. The molecule has 0 saturated heterocycles. The van der Waals surface area contributed by atoms with Crippen LogP contribution in [0, 0.1) is 5.92 Å². The molecule has 1 N–H and O–H groups in total. The number of benzene rings is 2. The SMILES string of the molecule is CC(=O)Nc1ccccc1-c1c2c(=O)n(C)c(=O)n(CC(C)C)c2nn1Cc1cccc(Cl)c1Cl. The van der Waals surface area contributed by atoms with E-state index in [1.807, 2.05) is 26.0 Å². The Morgan fingerprint density at radius 2 is 1.80 bits per heavy atom. The number of hydrogen-bond acceptors (Lipinski definition) is 4. The minimum atomic E-state index is -0.471. The predicted molar refractivity (Wildman–Crippen MR) is 139 cm³/mol. The Bertz CT molecular complexity index is 1570. The third-order valence-corrected chi connectivity index (χ3v) is 6.48. The average Bonchev–Trinajstić information content (AvgIpc) is 3.17. The van der Waals surface area contributed by atoms with Gasteiger partial charge in [-0.2, -0.15) is 5.10 Å². The van der Waals surface area contributed by atoms with Gasteiger partial charge in [0, 0.05) is 26.1 Å². The highest BCUT2D eigenvalue weighted by molar-refractivity contribution is 6.42. The molecule has 0 radical (unpaired) electrons. The molecule has 0 unspecified atom stereocenters. The molecule has 2 heterocycles. The van der Waals surface area contributed by atoms with Gasteiger partial charge in [-0.05, 0) is 23.6 Å². The summed E-state index contributed by atoms with van der Waals surface area (Å²) in [6.45, 7) is 5.96. The van der Waals surface area contributed by atoms with E-state index < -0.39 is 11.2 Å². The van der Waals surface area contributed by atoms with Crippen molar-refractivity contribution in [1.82, 2.24) is 18.9 Å². The highest BCUT2D eigenvalue weighted by Gasteiger charge is 2.25. The molecule has 35 heavy (non-hydrogen) atoms. The number of fused-ring (bicyclic) bond motifs is 1. The lowest BCUT2D eigenvalue weighted by Crippen LogP contribution is -2.38. The van der Waals surface area contributed by atoms with Gasteiger partial charge in [-0.25, -0.2) is 4.79 Å². The molecule has 182 valence electrons. The van der Waals surface area contributed by atoms with Crippen LogP contribution in [0.3, 0.4) is 0 Å². The summed E-state index contributed by atoms with van der Waals surface area (Å²) in [6.07, 6.45) is 0. The van der Waals surface area contributed by atoms with Gasteiger partial charge in [0.15, 0.2) is 5.65 Å². The molecular weight excluding hydrogens is 489 g/mol. The molecule has 2 aromatic carbocycles. The number of nitrogens with zero attached hydrogens (tertiary/aromatic N) is 4. The smallest absolute Gasteiger partial charge is 0.326 e. The lowest BCUT2D eigenvalue weighted by atomic mass is 10.1. The summed E-state index contributed by atoms with van der Waals surface area (Å²) in [5.74, 6) is -0.119. The Morgan fingerprint density at radius 1 is 1.09 bits per heavy atom. The van der Waals surface area contributed by atoms with Gasteiger partial charge in [0.05, 0.1) is 28.0 Å². The van der Waals surface area contributed by atoms with Crippen molar-refractivity contribution in [2.24, 2.45) is 13.0 Å². The number of halogens is 2. The number of para-hydroxylation sites is 1. The van der Waals surface area contributed by atoms with Crippen LogP contribution in [0.2, 0.25) is 10.0 Å². The summed E-state index contributed by atoms with van der Waals surface area (Å²) in [7, 11) is 1.45. The fraction of sp³-hybridized carbons (Fsp3) is 0.280. The number of amides is 1. The molecule has 0 aliphatic rings. The molecule has 0 atom stereocenters. The molecule has 1 amide bonds. The second kappa shape index (κ2) is 9.71. The van der Waals surface area contributed by atoms with Crippen LogP contribution >= 0.6 is 23.2 Å². The maximum atomic E-state index is 13.5. The van der Waals surface area contributed by atoms with Crippen molar-refractivity contribution in [1.29, 1.82) is 0 Å². The summed E-state index contributed by atoms with van der Waals surface area (Å²) < 4.78 is 4.25. The summed E-state index contributed by atoms with van der Waals surface area (Å²) in [5, 5.41) is 8.62. The maximum absolute atomic E-state index is 13.5. The van der Waals surface area contributed by atoms with Crippen LogP contribution in [0.5, 0.6) is 0 Å². The van der Waals surface area contributed by atoms with E-state index in [1.165, 1.54) is 18.5 Å². The van der Waals surface area contributed by atoms with Crippen molar-refractivity contribution in [3.63, 3.8) is 0 Å². The molecular formula is C25H25Cl2N5O3. The van der Waals surface area contributed by atoms with E-state index in [4.69, 9.17) is 28.3 Å². The lowest BCUT2D eigenvalue weighted by molar-refractivity contribution is -0.114. The highest BCUT2D eigenvalue weighted by atomic mass is 35.5. The highest BCUT2D eigenvalue weighted by Crippen LogP contribution is 2.34. The van der Waals surface area contributed by atoms with Crippen molar-refractivity contribution in [2.45, 2.75) is 33.9 Å². The summed E-state index contributed by atoms with van der Waals surface area (Å²) in [4.78, 5) is 38.4. The van der Waals surface area contributed by atoms with Gasteiger partial charge < -0.3 is 5.32 Å². The minimum absolute atomic E-state index is 0.135. The Balaban J connectivity index is 2.12. The second-order valence-electron chi connectivity index (χ2n) is 8.80. The minimum Gasteiger partial charge on any atom is -0.326 e. The normalized spacial score (nSPS) is 11.4. The zero-order valence-electron chi connectivity index (χ0n) is 19.8. The molecule has 4 rings (SSSR count). The van der Waals surface area contributed by atoms with Crippen LogP contribution in [0.4, 0.5) is 5.69 Å². The van der Waals surface area contributed by atoms with Gasteiger partial charge in [-0.15, -0.1) is 0 Å². The van der Waals surface area contributed by atoms with Gasteiger partial charge in [0.2, 0.25) is 5.91 Å². The lowest BCUT2D eigenvalue weighted by Gasteiger charge is -2.14. The molecule has 2 aromatic heterocycles. The first-order valence-electron chi connectivity index (χ1n) is 11.1. The molecule has 0 bridgehead atoms. The summed E-state index contributed by atoms with van der Waals surface area (Å²) >= 11 is 12.7. The standard InChI is InChI=1S/C25H25Cl2N5O3/c1-14(2)12-31-23-20(24(34)30(4)25(31)35)22(17-9-5-6-11-19(17)28-15(3)33)32(29-23)13-16-8-7-10-18(26)21(16)27/h5-11,14H,12-13H2,1-4H3,(H,28,33). The van der Waals surface area contributed by atoms with Crippen LogP contribution in [0.25, 0.3) is 22.3 Å². The Hall–Kier alpha value is -3.36. The fourth-order valence-corrected chi connectivity index (χ4v) is 4.48. The van der Waals surface area contributed by atoms with Crippen LogP contribution < -0.4 is 16.6 Å². The monoisotopic (exact) mass is 513 g/mol. The van der Waals surface area contributed by atoms with Crippen LogP contribution in [0.1, 0.15) is 26.3 Å². The van der Waals surface area contributed by atoms with Gasteiger partial charge in [-0.1, -0.05) is 67.4 Å². The zero-order valence-corrected chi connectivity index (χ0v) is 21.3. The summed E-state index contributed by atoms with van der Waals surface area (Å²) in [6, 6.07) is 12.4. The molecule has 0 aliphatic heterocycles. The number of carbonyl (C=O) groups is 1. The number of nitrogens with one attached hydrogen (secondary N) is 1. The third kappa shape index (κ3) is 4.63. The van der Waals surface area contributed by atoms with E-state index in [-0.39, 0.29) is 29.4 Å². The topological polar surface area (TPSA) is 90.9 Å². The maximum Gasteiger partial charge on any atom is 0.332 e. The van der Waals surface area contributed by atoms with Gasteiger partial charge in [0.25, 0.3) is 5.56 Å². The van der Waals surface area contributed by atoms with Crippen molar-refractivity contribution in [2.75, 3.05) is 5.32 Å². The Kier molecular flexibility index (Phi) is 6.87. The van der Waals surface area contributed by atoms with E-state index in [0.29, 0.717) is 39.1 Å². The Labute approximate surface area is 211 Å². The van der Waals surface area contributed by atoms with Gasteiger partial charge >= 0.3 is 5.69 Å². The second-order valence-corrected chi connectivity index (χ2v) is 9.58. The first-order chi connectivity index (χ1) is 16.6. The van der Waals surface area contributed by atoms with Crippen molar-refractivity contribution in [3.05, 3.63) is 78.9 Å². The molecule has 0 spiro atoms. The van der Waals surface area contributed by atoms with E-state index >= 15 is 0 Å². The van der Waals surface area contributed by atoms with Gasteiger partial charge in [-0.3, -0.25) is 23.4 Å². The quantitative estimate of drug-likeness (QED) is 0.409. The first kappa shape index (κ1) is 24.8. The van der Waals surface area contributed by atoms with Crippen LogP contribution in [-0.2, 0) is 24.9 Å². The summed E-state index contributed by atoms with van der Waals surface area (Å²) in [5.41, 5.74) is 1.64. The average molecular weight is 514 g/mol. The van der Waals surface area contributed by atoms with E-state index in [9.17, 15) is 14.4 Å². The molecule has 0 fully saturated rings. The number of aromatic nitrogens is 4. The van der Waals surface area contributed by atoms with Crippen molar-refractivity contribution < 1.29 is 4.79 Å². The fourth-order valence-electron chi connectivity index (χ4n) is 4.10. The molecule has 0 aliphatic carbocycles. The first-order valence-corrected chi connectivity index (χ1v) is 11.9. The predicted octanol–water partition coefficient (Wildman–Crippen LogP) is 4.53. The van der Waals surface area contributed by atoms with Crippen molar-refractivity contribution in [3.8, 4) is 11.3 Å². The van der Waals surface area contributed by atoms with E-state index in [0.717, 1.165) is 4.57 Å². The number of carbonyl (C=O) groups excluding carboxylic acids is 1. The molecule has 8 nitrogen and oxygen atoms in total. The third-order valence-electron chi connectivity index (χ3n) is 5.62. The number of rotatable bonds is 6. The van der Waals surface area contributed by atoms with Crippen molar-refractivity contribution >= 4 is 45.8 Å². The van der Waals surface area contributed by atoms with E-state index in [1.54, 1.807) is 35.0 Å². The van der Waals surface area contributed by atoms with Crippen LogP contribution in [0.15, 0.2) is 52.1 Å². The number of hydrogen-bond donors (Lipinski definition) is 1. The molecule has 4 aromatic rings. The van der Waals surface area contributed by atoms with E-state index in [2.05, 4.69) is 5.32 Å². The molecule has 0 saturated carbocycles. The van der Waals surface area contributed by atoms with Gasteiger partial charge in [0.1, 0.15) is 5.39 Å².